The van der Waals surface area contributed by atoms with Crippen molar-refractivity contribution in [3.8, 4) is 0 Å². The summed E-state index contributed by atoms with van der Waals surface area (Å²) in [6, 6.07) is 8.14. The van der Waals surface area contributed by atoms with E-state index in [0.29, 0.717) is 12.8 Å². The minimum absolute atomic E-state index is 0.193. The Morgan fingerprint density at radius 1 is 1.38 bits per heavy atom. The standard InChI is InChI=1S/C14H20FN/c1-2-11-4-3-5-12(10-11)14(15)8-6-13(16)7-9-14/h3-5,10,13H,2,6-9,16H2,1H3. The zero-order valence-electron chi connectivity index (χ0n) is 9.88. The van der Waals surface area contributed by atoms with Gasteiger partial charge < -0.3 is 5.73 Å². The number of nitrogens with two attached hydrogens (primary N) is 1. The Balaban J connectivity index is 2.21. The van der Waals surface area contributed by atoms with Crippen molar-refractivity contribution in [3.63, 3.8) is 0 Å². The van der Waals surface area contributed by atoms with Gasteiger partial charge in [-0.15, -0.1) is 0 Å². The molecule has 1 aromatic carbocycles. The van der Waals surface area contributed by atoms with Gasteiger partial charge in [0.25, 0.3) is 0 Å². The first-order valence-electron chi connectivity index (χ1n) is 6.18. The predicted octanol–water partition coefficient (Wildman–Crippen LogP) is 3.32. The molecule has 1 fully saturated rings. The maximum Gasteiger partial charge on any atom is 0.136 e. The molecule has 1 aliphatic carbocycles. The van der Waals surface area contributed by atoms with Gasteiger partial charge in [0.2, 0.25) is 0 Å². The summed E-state index contributed by atoms with van der Waals surface area (Å²) in [4.78, 5) is 0. The highest BCUT2D eigenvalue weighted by atomic mass is 19.1. The summed E-state index contributed by atoms with van der Waals surface area (Å²) in [7, 11) is 0. The van der Waals surface area contributed by atoms with Crippen LogP contribution in [0.3, 0.4) is 0 Å². The smallest absolute Gasteiger partial charge is 0.136 e. The minimum Gasteiger partial charge on any atom is -0.328 e. The number of halogens is 1. The van der Waals surface area contributed by atoms with Crippen molar-refractivity contribution in [2.45, 2.75) is 50.7 Å². The molecule has 0 bridgehead atoms. The molecular formula is C14H20FN. The van der Waals surface area contributed by atoms with Crippen LogP contribution in [0.15, 0.2) is 24.3 Å². The van der Waals surface area contributed by atoms with E-state index in [-0.39, 0.29) is 6.04 Å². The molecule has 2 heteroatoms. The molecule has 0 heterocycles. The molecule has 1 aliphatic rings. The van der Waals surface area contributed by atoms with Crippen LogP contribution in [0.1, 0.15) is 43.7 Å². The van der Waals surface area contributed by atoms with Gasteiger partial charge in [-0.3, -0.25) is 0 Å². The third-order valence-corrected chi connectivity index (χ3v) is 3.68. The Hall–Kier alpha value is -0.890. The summed E-state index contributed by atoms with van der Waals surface area (Å²) in [5, 5.41) is 0. The lowest BCUT2D eigenvalue weighted by molar-refractivity contribution is 0.0978. The van der Waals surface area contributed by atoms with E-state index in [1.165, 1.54) is 5.56 Å². The summed E-state index contributed by atoms with van der Waals surface area (Å²) < 4.78 is 14.7. The third kappa shape index (κ3) is 2.27. The number of rotatable bonds is 2. The van der Waals surface area contributed by atoms with Crippen LogP contribution in [0.4, 0.5) is 4.39 Å². The third-order valence-electron chi connectivity index (χ3n) is 3.68. The SMILES string of the molecule is CCc1cccc(C2(F)CCC(N)CC2)c1. The van der Waals surface area contributed by atoms with Gasteiger partial charge in [-0.05, 0) is 43.2 Å². The first-order chi connectivity index (χ1) is 7.64. The zero-order chi connectivity index (χ0) is 11.6. The lowest BCUT2D eigenvalue weighted by Gasteiger charge is -2.33. The highest BCUT2D eigenvalue weighted by molar-refractivity contribution is 5.29. The van der Waals surface area contributed by atoms with Gasteiger partial charge in [-0.25, -0.2) is 4.39 Å². The van der Waals surface area contributed by atoms with Crippen LogP contribution >= 0.6 is 0 Å². The van der Waals surface area contributed by atoms with Gasteiger partial charge in [0.05, 0.1) is 0 Å². The minimum atomic E-state index is -1.14. The summed E-state index contributed by atoms with van der Waals surface area (Å²) in [6.07, 6.45) is 3.70. The molecule has 0 unspecified atom stereocenters. The lowest BCUT2D eigenvalue weighted by Crippen LogP contribution is -2.33. The van der Waals surface area contributed by atoms with Crippen molar-refractivity contribution in [1.29, 1.82) is 0 Å². The van der Waals surface area contributed by atoms with Crippen molar-refractivity contribution in [3.05, 3.63) is 35.4 Å². The predicted molar refractivity (Wildman–Crippen MR) is 65.0 cm³/mol. The average molecular weight is 221 g/mol. The van der Waals surface area contributed by atoms with Crippen molar-refractivity contribution in [2.24, 2.45) is 5.73 Å². The second-order valence-corrected chi connectivity index (χ2v) is 4.86. The van der Waals surface area contributed by atoms with Crippen LogP contribution in [0, 0.1) is 0 Å². The molecule has 2 N–H and O–H groups in total. The largest absolute Gasteiger partial charge is 0.328 e. The molecule has 0 aliphatic heterocycles. The number of hydrogen-bond donors (Lipinski definition) is 1. The van der Waals surface area contributed by atoms with Crippen LogP contribution in [0.25, 0.3) is 0 Å². The molecule has 0 radical (unpaired) electrons. The van der Waals surface area contributed by atoms with E-state index in [1.807, 2.05) is 18.2 Å². The normalized spacial score (nSPS) is 30.3. The van der Waals surface area contributed by atoms with Crippen molar-refractivity contribution in [1.82, 2.24) is 0 Å². The summed E-state index contributed by atoms with van der Waals surface area (Å²) in [6.45, 7) is 2.10. The highest BCUT2D eigenvalue weighted by Crippen LogP contribution is 2.40. The topological polar surface area (TPSA) is 26.0 Å². The summed E-state index contributed by atoms with van der Waals surface area (Å²) >= 11 is 0. The summed E-state index contributed by atoms with van der Waals surface area (Å²) in [5.41, 5.74) is 6.74. The van der Waals surface area contributed by atoms with Crippen LogP contribution < -0.4 is 5.73 Å². The van der Waals surface area contributed by atoms with Crippen LogP contribution in [-0.2, 0) is 12.1 Å². The van der Waals surface area contributed by atoms with Gasteiger partial charge in [0.15, 0.2) is 0 Å². The van der Waals surface area contributed by atoms with E-state index in [4.69, 9.17) is 5.73 Å². The molecule has 0 saturated heterocycles. The molecule has 88 valence electrons. The molecule has 0 spiro atoms. The summed E-state index contributed by atoms with van der Waals surface area (Å²) in [5.74, 6) is 0. The molecular weight excluding hydrogens is 201 g/mol. The van der Waals surface area contributed by atoms with Crippen LogP contribution in [0.5, 0.6) is 0 Å². The fourth-order valence-corrected chi connectivity index (χ4v) is 2.46. The molecule has 0 aromatic heterocycles. The Morgan fingerprint density at radius 2 is 2.06 bits per heavy atom. The van der Waals surface area contributed by atoms with E-state index in [2.05, 4.69) is 13.0 Å². The van der Waals surface area contributed by atoms with E-state index in [0.717, 1.165) is 24.8 Å². The maximum absolute atomic E-state index is 14.7. The first-order valence-corrected chi connectivity index (χ1v) is 6.18. The molecule has 1 saturated carbocycles. The molecule has 16 heavy (non-hydrogen) atoms. The average Bonchev–Trinajstić information content (AvgIpc) is 2.33. The van der Waals surface area contributed by atoms with Gasteiger partial charge >= 0.3 is 0 Å². The number of benzene rings is 1. The number of aryl methyl sites for hydroxylation is 1. The number of hydrogen-bond acceptors (Lipinski definition) is 1. The quantitative estimate of drug-likeness (QED) is 0.814. The van der Waals surface area contributed by atoms with Gasteiger partial charge in [0.1, 0.15) is 5.67 Å². The molecule has 0 amide bonds. The molecule has 1 aromatic rings. The second kappa shape index (κ2) is 4.54. The Labute approximate surface area is 96.9 Å². The van der Waals surface area contributed by atoms with E-state index in [1.54, 1.807) is 0 Å². The molecule has 0 atom stereocenters. The zero-order valence-corrected chi connectivity index (χ0v) is 9.88. The monoisotopic (exact) mass is 221 g/mol. The van der Waals surface area contributed by atoms with Gasteiger partial charge in [-0.2, -0.15) is 0 Å². The Bertz CT molecular complexity index is 354. The Kier molecular flexibility index (Phi) is 3.29. The molecule has 1 nitrogen and oxygen atoms in total. The maximum atomic E-state index is 14.7. The van der Waals surface area contributed by atoms with E-state index < -0.39 is 5.67 Å². The Morgan fingerprint density at radius 3 is 2.69 bits per heavy atom. The molecule has 2 rings (SSSR count). The van der Waals surface area contributed by atoms with E-state index in [9.17, 15) is 4.39 Å². The van der Waals surface area contributed by atoms with Crippen molar-refractivity contribution >= 4 is 0 Å². The van der Waals surface area contributed by atoms with E-state index >= 15 is 0 Å². The first kappa shape index (κ1) is 11.6. The fraction of sp³-hybridized carbons (Fsp3) is 0.571. The lowest BCUT2D eigenvalue weighted by atomic mass is 9.79. The van der Waals surface area contributed by atoms with Gasteiger partial charge in [-0.1, -0.05) is 31.2 Å². The van der Waals surface area contributed by atoms with Crippen LogP contribution in [-0.4, -0.2) is 6.04 Å². The van der Waals surface area contributed by atoms with Gasteiger partial charge in [0, 0.05) is 6.04 Å². The van der Waals surface area contributed by atoms with Crippen molar-refractivity contribution < 1.29 is 4.39 Å². The highest BCUT2D eigenvalue weighted by Gasteiger charge is 2.35. The number of alkyl halides is 1. The van der Waals surface area contributed by atoms with Crippen molar-refractivity contribution in [2.75, 3.05) is 0 Å². The second-order valence-electron chi connectivity index (χ2n) is 4.86. The van der Waals surface area contributed by atoms with Crippen LogP contribution in [0.2, 0.25) is 0 Å². The fourth-order valence-electron chi connectivity index (χ4n) is 2.46.